The van der Waals surface area contributed by atoms with Crippen LogP contribution in [0.4, 0.5) is 8.78 Å². The van der Waals surface area contributed by atoms with Crippen LogP contribution in [-0.4, -0.2) is 6.04 Å². The molecule has 1 saturated carbocycles. The summed E-state index contributed by atoms with van der Waals surface area (Å²) >= 11 is 3.08. The first kappa shape index (κ1) is 13.9. The molecule has 100 valence electrons. The minimum Gasteiger partial charge on any atom is -0.310 e. The van der Waals surface area contributed by atoms with E-state index in [1.54, 1.807) is 0 Å². The molecular formula is C14H18BrF2N. The molecule has 1 aromatic carbocycles. The van der Waals surface area contributed by atoms with Crippen molar-refractivity contribution in [3.63, 3.8) is 0 Å². The molecule has 0 aromatic heterocycles. The molecule has 0 amide bonds. The van der Waals surface area contributed by atoms with E-state index in [-0.39, 0.29) is 12.1 Å². The van der Waals surface area contributed by atoms with Crippen molar-refractivity contribution in [3.8, 4) is 0 Å². The van der Waals surface area contributed by atoms with E-state index in [0.29, 0.717) is 16.4 Å². The van der Waals surface area contributed by atoms with Gasteiger partial charge in [-0.05, 0) is 53.7 Å². The Hall–Kier alpha value is -0.480. The van der Waals surface area contributed by atoms with Crippen molar-refractivity contribution in [1.29, 1.82) is 0 Å². The molecular weight excluding hydrogens is 300 g/mol. The third-order valence-corrected chi connectivity index (χ3v) is 4.46. The van der Waals surface area contributed by atoms with E-state index in [1.165, 1.54) is 37.8 Å². The maximum atomic E-state index is 13.8. The molecule has 4 heteroatoms. The van der Waals surface area contributed by atoms with Gasteiger partial charge >= 0.3 is 0 Å². The molecule has 2 rings (SSSR count). The summed E-state index contributed by atoms with van der Waals surface area (Å²) in [7, 11) is 0. The largest absolute Gasteiger partial charge is 0.310 e. The number of nitrogens with one attached hydrogen (secondary N) is 1. The van der Waals surface area contributed by atoms with Crippen molar-refractivity contribution in [1.82, 2.24) is 5.32 Å². The SMILES string of the molecule is C[C@H](NCc1c(F)ccc(Br)c1F)C1CCCC1. The van der Waals surface area contributed by atoms with Crippen LogP contribution in [0.3, 0.4) is 0 Å². The Morgan fingerprint density at radius 1 is 1.33 bits per heavy atom. The average Bonchev–Trinajstić information content (AvgIpc) is 2.87. The van der Waals surface area contributed by atoms with Gasteiger partial charge in [-0.25, -0.2) is 8.78 Å². The standard InChI is InChI=1S/C14H18BrF2N/c1-9(10-4-2-3-5-10)18-8-11-13(16)7-6-12(15)14(11)17/h6-7,9-10,18H,2-5,8H2,1H3/t9-/m0/s1. The van der Waals surface area contributed by atoms with Crippen LogP contribution in [0.15, 0.2) is 16.6 Å². The van der Waals surface area contributed by atoms with Crippen LogP contribution in [0.2, 0.25) is 0 Å². The van der Waals surface area contributed by atoms with E-state index in [0.717, 1.165) is 0 Å². The van der Waals surface area contributed by atoms with Crippen molar-refractivity contribution in [3.05, 3.63) is 33.8 Å². The second kappa shape index (κ2) is 6.11. The van der Waals surface area contributed by atoms with Crippen LogP contribution >= 0.6 is 15.9 Å². The lowest BCUT2D eigenvalue weighted by Crippen LogP contribution is -2.32. The zero-order valence-electron chi connectivity index (χ0n) is 10.5. The maximum absolute atomic E-state index is 13.8. The third kappa shape index (κ3) is 3.09. The van der Waals surface area contributed by atoms with Gasteiger partial charge in [-0.2, -0.15) is 0 Å². The summed E-state index contributed by atoms with van der Waals surface area (Å²) in [5, 5.41) is 3.25. The van der Waals surface area contributed by atoms with E-state index in [2.05, 4.69) is 28.2 Å². The Morgan fingerprint density at radius 2 is 2.00 bits per heavy atom. The molecule has 1 aliphatic rings. The van der Waals surface area contributed by atoms with Gasteiger partial charge in [-0.1, -0.05) is 12.8 Å². The zero-order chi connectivity index (χ0) is 13.1. The van der Waals surface area contributed by atoms with Gasteiger partial charge in [0.15, 0.2) is 0 Å². The topological polar surface area (TPSA) is 12.0 Å². The highest BCUT2D eigenvalue weighted by Crippen LogP contribution is 2.28. The first-order valence-corrected chi connectivity index (χ1v) is 7.24. The molecule has 0 heterocycles. The number of halogens is 3. The predicted molar refractivity (Wildman–Crippen MR) is 72.3 cm³/mol. The van der Waals surface area contributed by atoms with Gasteiger partial charge in [-0.15, -0.1) is 0 Å². The smallest absolute Gasteiger partial charge is 0.144 e. The minimum atomic E-state index is -0.499. The van der Waals surface area contributed by atoms with Gasteiger partial charge in [0.1, 0.15) is 11.6 Å². The molecule has 0 aliphatic heterocycles. The first-order valence-electron chi connectivity index (χ1n) is 6.45. The zero-order valence-corrected chi connectivity index (χ0v) is 12.1. The fourth-order valence-electron chi connectivity index (χ4n) is 2.62. The van der Waals surface area contributed by atoms with Crippen molar-refractivity contribution in [2.75, 3.05) is 0 Å². The van der Waals surface area contributed by atoms with Gasteiger partial charge in [0.25, 0.3) is 0 Å². The lowest BCUT2D eigenvalue weighted by atomic mass is 9.99. The third-order valence-electron chi connectivity index (χ3n) is 3.85. The van der Waals surface area contributed by atoms with Crippen LogP contribution in [0.25, 0.3) is 0 Å². The normalized spacial score (nSPS) is 18.2. The Balaban J connectivity index is 1.99. The van der Waals surface area contributed by atoms with Crippen molar-refractivity contribution in [2.24, 2.45) is 5.92 Å². The Morgan fingerprint density at radius 3 is 2.67 bits per heavy atom. The average molecular weight is 318 g/mol. The molecule has 1 fully saturated rings. The highest BCUT2D eigenvalue weighted by atomic mass is 79.9. The second-order valence-electron chi connectivity index (χ2n) is 5.04. The van der Waals surface area contributed by atoms with Crippen LogP contribution < -0.4 is 5.32 Å². The van der Waals surface area contributed by atoms with E-state index in [4.69, 9.17) is 0 Å². The molecule has 0 saturated heterocycles. The number of benzene rings is 1. The lowest BCUT2D eigenvalue weighted by Gasteiger charge is -2.20. The predicted octanol–water partition coefficient (Wildman–Crippen LogP) is 4.40. The minimum absolute atomic E-state index is 0.120. The van der Waals surface area contributed by atoms with Crippen molar-refractivity contribution in [2.45, 2.75) is 45.2 Å². The molecule has 1 atom stereocenters. The van der Waals surface area contributed by atoms with Crippen LogP contribution in [0, 0.1) is 17.6 Å². The molecule has 18 heavy (non-hydrogen) atoms. The van der Waals surface area contributed by atoms with Crippen LogP contribution in [0.5, 0.6) is 0 Å². The summed E-state index contributed by atoms with van der Waals surface area (Å²) in [5.74, 6) is -0.341. The van der Waals surface area contributed by atoms with Gasteiger partial charge in [0.2, 0.25) is 0 Å². The highest BCUT2D eigenvalue weighted by molar-refractivity contribution is 9.10. The Labute approximate surface area is 115 Å². The number of hydrogen-bond donors (Lipinski definition) is 1. The second-order valence-corrected chi connectivity index (χ2v) is 5.89. The summed E-state index contributed by atoms with van der Waals surface area (Å²) in [4.78, 5) is 0. The van der Waals surface area contributed by atoms with E-state index >= 15 is 0 Å². The van der Waals surface area contributed by atoms with Gasteiger partial charge in [0, 0.05) is 18.2 Å². The molecule has 0 unspecified atom stereocenters. The summed E-state index contributed by atoms with van der Waals surface area (Å²) in [6, 6.07) is 3.00. The lowest BCUT2D eigenvalue weighted by molar-refractivity contribution is 0.374. The molecule has 1 aliphatic carbocycles. The van der Waals surface area contributed by atoms with E-state index in [9.17, 15) is 8.78 Å². The molecule has 1 N–H and O–H groups in total. The summed E-state index contributed by atoms with van der Waals surface area (Å²) < 4.78 is 27.6. The molecule has 1 aromatic rings. The van der Waals surface area contributed by atoms with E-state index < -0.39 is 11.6 Å². The maximum Gasteiger partial charge on any atom is 0.144 e. The van der Waals surface area contributed by atoms with Crippen molar-refractivity contribution < 1.29 is 8.78 Å². The number of rotatable bonds is 4. The number of hydrogen-bond acceptors (Lipinski definition) is 1. The monoisotopic (exact) mass is 317 g/mol. The van der Waals surface area contributed by atoms with Gasteiger partial charge in [-0.3, -0.25) is 0 Å². The highest BCUT2D eigenvalue weighted by Gasteiger charge is 2.22. The molecule has 0 spiro atoms. The fourth-order valence-corrected chi connectivity index (χ4v) is 2.99. The molecule has 0 bridgehead atoms. The molecule has 0 radical (unpaired) electrons. The van der Waals surface area contributed by atoms with Crippen LogP contribution in [0.1, 0.15) is 38.2 Å². The van der Waals surface area contributed by atoms with Gasteiger partial charge < -0.3 is 5.32 Å². The summed E-state index contributed by atoms with van der Waals surface area (Å²) in [6.45, 7) is 2.35. The fraction of sp³-hybridized carbons (Fsp3) is 0.571. The van der Waals surface area contributed by atoms with Gasteiger partial charge in [0.05, 0.1) is 4.47 Å². The van der Waals surface area contributed by atoms with Crippen molar-refractivity contribution >= 4 is 15.9 Å². The first-order chi connectivity index (χ1) is 8.59. The summed E-state index contributed by atoms with van der Waals surface area (Å²) in [5.41, 5.74) is 0.120. The molecule has 1 nitrogen and oxygen atoms in total. The summed E-state index contributed by atoms with van der Waals surface area (Å²) in [6.07, 6.45) is 4.99. The quantitative estimate of drug-likeness (QED) is 0.812. The Bertz CT molecular complexity index is 417. The van der Waals surface area contributed by atoms with E-state index in [1.807, 2.05) is 0 Å². The Kier molecular flexibility index (Phi) is 4.73. The van der Waals surface area contributed by atoms with Crippen LogP contribution in [-0.2, 0) is 6.54 Å².